The summed E-state index contributed by atoms with van der Waals surface area (Å²) in [6.45, 7) is 28.4. The third-order valence-corrected chi connectivity index (χ3v) is 11.4. The SMILES string of the molecule is Cc1cc(C(C)(C)c2cc(C)c(O)c(C)c2C)c(C)c(C)c1O.Cc1cc(C(c2ccccc2)c2cc(C)c(O)c(C)c2C)c(C)c(C)c1O. The average Bonchev–Trinajstić information content (AvgIpc) is 3.09. The first kappa shape index (κ1) is 38.1. The summed E-state index contributed by atoms with van der Waals surface area (Å²) < 4.78 is 0. The second kappa shape index (κ2) is 14.3. The Bertz CT molecular complexity index is 1950. The van der Waals surface area contributed by atoms with Gasteiger partial charge >= 0.3 is 0 Å². The van der Waals surface area contributed by atoms with E-state index in [2.05, 4.69) is 90.1 Å². The lowest BCUT2D eigenvalue weighted by Gasteiger charge is -2.32. The van der Waals surface area contributed by atoms with Gasteiger partial charge < -0.3 is 20.4 Å². The molecule has 50 heavy (non-hydrogen) atoms. The van der Waals surface area contributed by atoms with Crippen LogP contribution in [0, 0.1) is 83.1 Å². The Morgan fingerprint density at radius 2 is 0.700 bits per heavy atom. The maximum absolute atomic E-state index is 10.4. The number of benzene rings is 5. The van der Waals surface area contributed by atoms with E-state index >= 15 is 0 Å². The number of phenolic OH excluding ortho intramolecular Hbond substituents is 4. The lowest BCUT2D eigenvalue weighted by Crippen LogP contribution is -2.23. The van der Waals surface area contributed by atoms with E-state index in [9.17, 15) is 20.4 Å². The molecule has 4 heteroatoms. The van der Waals surface area contributed by atoms with E-state index in [4.69, 9.17) is 0 Å². The molecule has 0 radical (unpaired) electrons. The minimum absolute atomic E-state index is 0.0437. The number of hydrogen-bond donors (Lipinski definition) is 4. The van der Waals surface area contributed by atoms with Crippen LogP contribution in [0.5, 0.6) is 23.0 Å². The first-order valence-electron chi connectivity index (χ1n) is 17.5. The first-order valence-corrected chi connectivity index (χ1v) is 17.5. The van der Waals surface area contributed by atoms with E-state index in [-0.39, 0.29) is 11.3 Å². The third kappa shape index (κ3) is 6.73. The molecule has 4 N–H and O–H groups in total. The number of phenols is 4. The van der Waals surface area contributed by atoms with Crippen LogP contribution in [0.1, 0.15) is 114 Å². The van der Waals surface area contributed by atoms with Crippen LogP contribution < -0.4 is 0 Å². The number of aryl methyl sites for hydroxylation is 4. The van der Waals surface area contributed by atoms with E-state index < -0.39 is 0 Å². The van der Waals surface area contributed by atoms with Gasteiger partial charge in [0.15, 0.2) is 0 Å². The van der Waals surface area contributed by atoms with Crippen molar-refractivity contribution in [3.05, 3.63) is 149 Å². The van der Waals surface area contributed by atoms with Crippen LogP contribution in [0.2, 0.25) is 0 Å². The zero-order valence-electron chi connectivity index (χ0n) is 32.6. The van der Waals surface area contributed by atoms with Crippen LogP contribution >= 0.6 is 0 Å². The molecule has 0 aromatic heterocycles. The molecular formula is C46H56O4. The molecule has 5 aromatic rings. The molecule has 0 spiro atoms. The summed E-state index contributed by atoms with van der Waals surface area (Å²) in [5, 5.41) is 41.1. The summed E-state index contributed by atoms with van der Waals surface area (Å²) in [5.74, 6) is 1.56. The number of rotatable bonds is 5. The Kier molecular flexibility index (Phi) is 10.9. The summed E-state index contributed by atoms with van der Waals surface area (Å²) >= 11 is 0. The fraction of sp³-hybridized carbons (Fsp3) is 0.348. The van der Waals surface area contributed by atoms with Crippen molar-refractivity contribution in [1.82, 2.24) is 0 Å². The molecule has 5 rings (SSSR count). The van der Waals surface area contributed by atoms with Gasteiger partial charge in [0, 0.05) is 11.3 Å². The van der Waals surface area contributed by atoms with Gasteiger partial charge in [0.2, 0.25) is 0 Å². The lowest BCUT2D eigenvalue weighted by atomic mass is 9.72. The number of hydrogen-bond acceptors (Lipinski definition) is 4. The Morgan fingerprint density at radius 1 is 0.400 bits per heavy atom. The fourth-order valence-electron chi connectivity index (χ4n) is 7.55. The highest BCUT2D eigenvalue weighted by molar-refractivity contribution is 5.60. The van der Waals surface area contributed by atoms with Gasteiger partial charge in [-0.05, 0) is 178 Å². The molecule has 264 valence electrons. The van der Waals surface area contributed by atoms with Crippen LogP contribution in [0.25, 0.3) is 0 Å². The monoisotopic (exact) mass is 672 g/mol. The molecule has 0 aliphatic heterocycles. The van der Waals surface area contributed by atoms with Crippen LogP contribution in [-0.4, -0.2) is 20.4 Å². The molecule has 0 saturated heterocycles. The van der Waals surface area contributed by atoms with Crippen LogP contribution in [-0.2, 0) is 5.41 Å². The molecule has 0 fully saturated rings. The Balaban J connectivity index is 0.000000228. The average molecular weight is 673 g/mol. The van der Waals surface area contributed by atoms with Crippen molar-refractivity contribution in [2.45, 2.75) is 108 Å². The number of aromatic hydroxyl groups is 4. The van der Waals surface area contributed by atoms with Gasteiger partial charge in [-0.3, -0.25) is 0 Å². The maximum Gasteiger partial charge on any atom is 0.121 e. The zero-order chi connectivity index (χ0) is 37.6. The van der Waals surface area contributed by atoms with Crippen LogP contribution in [0.4, 0.5) is 0 Å². The van der Waals surface area contributed by atoms with Crippen molar-refractivity contribution in [3.8, 4) is 23.0 Å². The summed E-state index contributed by atoms with van der Waals surface area (Å²) in [6, 6.07) is 18.8. The molecule has 0 aliphatic carbocycles. The van der Waals surface area contributed by atoms with E-state index in [0.29, 0.717) is 23.0 Å². The quantitative estimate of drug-likeness (QED) is 0.140. The van der Waals surface area contributed by atoms with Crippen LogP contribution in [0.15, 0.2) is 54.6 Å². The molecule has 5 aromatic carbocycles. The van der Waals surface area contributed by atoms with Crippen molar-refractivity contribution in [3.63, 3.8) is 0 Å². The molecule has 0 unspecified atom stereocenters. The van der Waals surface area contributed by atoms with Gasteiger partial charge in [-0.15, -0.1) is 0 Å². The molecule has 0 bridgehead atoms. The van der Waals surface area contributed by atoms with E-state index in [1.807, 2.05) is 61.5 Å². The summed E-state index contributed by atoms with van der Waals surface area (Å²) in [7, 11) is 0. The molecular weight excluding hydrogens is 617 g/mol. The minimum atomic E-state index is -0.208. The predicted octanol–water partition coefficient (Wildman–Crippen LogP) is 11.4. The molecule has 4 nitrogen and oxygen atoms in total. The Morgan fingerprint density at radius 3 is 1.04 bits per heavy atom. The lowest BCUT2D eigenvalue weighted by molar-refractivity contribution is 0.463. The van der Waals surface area contributed by atoms with E-state index in [1.165, 1.54) is 27.8 Å². The van der Waals surface area contributed by atoms with Crippen molar-refractivity contribution < 1.29 is 20.4 Å². The van der Waals surface area contributed by atoms with Gasteiger partial charge in [-0.25, -0.2) is 0 Å². The van der Waals surface area contributed by atoms with Crippen molar-refractivity contribution in [2.24, 2.45) is 0 Å². The normalized spacial score (nSPS) is 11.5. The van der Waals surface area contributed by atoms with Crippen molar-refractivity contribution >= 4 is 0 Å². The maximum atomic E-state index is 10.4. The Hall–Kier alpha value is -4.70. The summed E-state index contributed by atoms with van der Waals surface area (Å²) in [5.41, 5.74) is 17.6. The second-order valence-electron chi connectivity index (χ2n) is 14.9. The highest BCUT2D eigenvalue weighted by Gasteiger charge is 2.30. The third-order valence-electron chi connectivity index (χ3n) is 11.4. The van der Waals surface area contributed by atoms with Gasteiger partial charge in [0.25, 0.3) is 0 Å². The minimum Gasteiger partial charge on any atom is -0.507 e. The molecule has 0 amide bonds. The molecule has 0 atom stereocenters. The standard InChI is InChI=1S/C25H28O2.C21H28O2/c1-14-12-21(16(3)18(5)24(14)26)23(20-10-8-7-9-11-20)22-13-15(2)25(27)19(6)17(22)4;1-11-9-17(13(3)15(5)19(11)22)21(7,8)18-10-12(2)20(23)16(6)14(18)4/h7-13,23,26-27H,1-6H3;9-10,22-23H,1-8H3. The largest absolute Gasteiger partial charge is 0.507 e. The first-order chi connectivity index (χ1) is 23.2. The van der Waals surface area contributed by atoms with Gasteiger partial charge in [-0.1, -0.05) is 68.4 Å². The topological polar surface area (TPSA) is 80.9 Å². The van der Waals surface area contributed by atoms with Gasteiger partial charge in [-0.2, -0.15) is 0 Å². The predicted molar refractivity (Wildman–Crippen MR) is 209 cm³/mol. The fourth-order valence-corrected chi connectivity index (χ4v) is 7.55. The molecule has 0 aliphatic rings. The van der Waals surface area contributed by atoms with E-state index in [0.717, 1.165) is 66.8 Å². The summed E-state index contributed by atoms with van der Waals surface area (Å²) in [4.78, 5) is 0. The van der Waals surface area contributed by atoms with Gasteiger partial charge in [0.1, 0.15) is 23.0 Å². The molecule has 0 saturated carbocycles. The zero-order valence-corrected chi connectivity index (χ0v) is 32.6. The molecule has 0 heterocycles. The van der Waals surface area contributed by atoms with E-state index in [1.54, 1.807) is 0 Å². The van der Waals surface area contributed by atoms with Crippen LogP contribution in [0.3, 0.4) is 0 Å². The summed E-state index contributed by atoms with van der Waals surface area (Å²) in [6.07, 6.45) is 0. The van der Waals surface area contributed by atoms with Crippen molar-refractivity contribution in [2.75, 3.05) is 0 Å². The van der Waals surface area contributed by atoms with Gasteiger partial charge in [0.05, 0.1) is 0 Å². The second-order valence-corrected chi connectivity index (χ2v) is 14.9. The smallest absolute Gasteiger partial charge is 0.121 e. The highest BCUT2D eigenvalue weighted by atomic mass is 16.3. The van der Waals surface area contributed by atoms with Crippen molar-refractivity contribution in [1.29, 1.82) is 0 Å². The Labute approximate surface area is 300 Å². The highest BCUT2D eigenvalue weighted by Crippen LogP contribution is 2.44.